The van der Waals surface area contributed by atoms with E-state index in [4.69, 9.17) is 9.73 Å². The number of hydrogen-bond donors (Lipinski definition) is 2. The fourth-order valence-electron chi connectivity index (χ4n) is 4.30. The first kappa shape index (κ1) is 24.9. The van der Waals surface area contributed by atoms with Crippen molar-refractivity contribution in [3.05, 3.63) is 47.0 Å². The molecule has 2 N–H and O–H groups in total. The topological polar surface area (TPSA) is 79.6 Å². The SMILES string of the molecule is CCNC(=NCc1ccc(CN2CCCC2)cc1)NC1CCc2nc(COC)nn2C1.I. The van der Waals surface area contributed by atoms with Crippen LogP contribution in [0.15, 0.2) is 29.3 Å². The largest absolute Gasteiger partial charge is 0.377 e. The third-order valence-electron chi connectivity index (χ3n) is 5.91. The van der Waals surface area contributed by atoms with Gasteiger partial charge in [-0.3, -0.25) is 4.90 Å². The van der Waals surface area contributed by atoms with Crippen LogP contribution >= 0.6 is 24.0 Å². The summed E-state index contributed by atoms with van der Waals surface area (Å²) in [6, 6.07) is 9.18. The molecule has 0 spiro atoms. The van der Waals surface area contributed by atoms with Gasteiger partial charge in [-0.15, -0.1) is 24.0 Å². The van der Waals surface area contributed by atoms with Gasteiger partial charge in [0.1, 0.15) is 12.4 Å². The van der Waals surface area contributed by atoms with E-state index in [0.717, 1.165) is 50.1 Å². The summed E-state index contributed by atoms with van der Waals surface area (Å²) in [4.78, 5) is 11.9. The van der Waals surface area contributed by atoms with Gasteiger partial charge in [0.15, 0.2) is 11.8 Å². The zero-order chi connectivity index (χ0) is 21.5. The molecule has 0 amide bonds. The van der Waals surface area contributed by atoms with Crippen molar-refractivity contribution < 1.29 is 4.74 Å². The fourth-order valence-corrected chi connectivity index (χ4v) is 4.30. The van der Waals surface area contributed by atoms with E-state index < -0.39 is 0 Å². The van der Waals surface area contributed by atoms with Gasteiger partial charge in [-0.1, -0.05) is 24.3 Å². The molecule has 9 heteroatoms. The second-order valence-electron chi connectivity index (χ2n) is 8.43. The van der Waals surface area contributed by atoms with E-state index in [0.29, 0.717) is 13.2 Å². The molecule has 0 saturated carbocycles. The highest BCUT2D eigenvalue weighted by Crippen LogP contribution is 2.15. The van der Waals surface area contributed by atoms with Crippen LogP contribution in [-0.4, -0.2) is 58.4 Å². The maximum atomic E-state index is 5.16. The Labute approximate surface area is 208 Å². The van der Waals surface area contributed by atoms with Gasteiger partial charge in [0, 0.05) is 32.7 Å². The Morgan fingerprint density at radius 3 is 2.66 bits per heavy atom. The van der Waals surface area contributed by atoms with Gasteiger partial charge in [-0.25, -0.2) is 14.7 Å². The quantitative estimate of drug-likeness (QED) is 0.298. The van der Waals surface area contributed by atoms with Crippen LogP contribution in [0.3, 0.4) is 0 Å². The number of aromatic nitrogens is 3. The number of nitrogens with one attached hydrogen (secondary N) is 2. The Morgan fingerprint density at radius 2 is 1.94 bits per heavy atom. The van der Waals surface area contributed by atoms with E-state index in [9.17, 15) is 0 Å². The molecule has 32 heavy (non-hydrogen) atoms. The molecule has 2 aliphatic rings. The van der Waals surface area contributed by atoms with Crippen LogP contribution in [0.1, 0.15) is 49.0 Å². The predicted molar refractivity (Wildman–Crippen MR) is 137 cm³/mol. The molecule has 1 saturated heterocycles. The summed E-state index contributed by atoms with van der Waals surface area (Å²) >= 11 is 0. The smallest absolute Gasteiger partial charge is 0.191 e. The molecule has 2 aliphatic heterocycles. The van der Waals surface area contributed by atoms with Crippen molar-refractivity contribution in [2.75, 3.05) is 26.7 Å². The lowest BCUT2D eigenvalue weighted by atomic mass is 10.1. The Hall–Kier alpha value is -1.72. The lowest BCUT2D eigenvalue weighted by Gasteiger charge is -2.25. The summed E-state index contributed by atoms with van der Waals surface area (Å²) in [5.41, 5.74) is 2.62. The number of rotatable bonds is 8. The standard InChI is InChI=1S/C23H35N7O.HI/c1-3-24-23(26-20-10-11-22-27-21(17-31-2)28-30(22)16-20)25-14-18-6-8-19(9-7-18)15-29-12-4-5-13-29;/h6-9,20H,3-5,10-17H2,1-2H3,(H2,24,25,26);1H. The highest BCUT2D eigenvalue weighted by molar-refractivity contribution is 14.0. The first-order valence-corrected chi connectivity index (χ1v) is 11.5. The molecule has 1 unspecified atom stereocenters. The van der Waals surface area contributed by atoms with E-state index in [1.54, 1.807) is 7.11 Å². The van der Waals surface area contributed by atoms with Gasteiger partial charge in [0.05, 0.1) is 13.1 Å². The van der Waals surface area contributed by atoms with E-state index in [1.807, 2.05) is 4.68 Å². The summed E-state index contributed by atoms with van der Waals surface area (Å²) in [6.45, 7) is 8.37. The van der Waals surface area contributed by atoms with Crippen molar-refractivity contribution in [2.24, 2.45) is 4.99 Å². The van der Waals surface area contributed by atoms with Crippen molar-refractivity contribution in [2.45, 2.75) is 64.9 Å². The van der Waals surface area contributed by atoms with Crippen molar-refractivity contribution in [1.82, 2.24) is 30.3 Å². The molecular formula is C23H36IN7O. The Morgan fingerprint density at radius 1 is 1.19 bits per heavy atom. The summed E-state index contributed by atoms with van der Waals surface area (Å²) in [5, 5.41) is 11.5. The normalized spacial score (nSPS) is 18.8. The Balaban J connectivity index is 0.00000289. The first-order chi connectivity index (χ1) is 15.2. The van der Waals surface area contributed by atoms with Crippen molar-refractivity contribution >= 4 is 29.9 Å². The molecule has 0 aliphatic carbocycles. The molecular weight excluding hydrogens is 517 g/mol. The minimum atomic E-state index is 0. The number of methoxy groups -OCH3 is 1. The lowest BCUT2D eigenvalue weighted by molar-refractivity contribution is 0.177. The minimum absolute atomic E-state index is 0. The van der Waals surface area contributed by atoms with Gasteiger partial charge in [-0.05, 0) is 50.4 Å². The van der Waals surface area contributed by atoms with Crippen molar-refractivity contribution in [3.8, 4) is 0 Å². The number of fused-ring (bicyclic) bond motifs is 1. The second kappa shape index (κ2) is 12.5. The van der Waals surface area contributed by atoms with Gasteiger partial charge < -0.3 is 15.4 Å². The molecule has 0 bridgehead atoms. The fraction of sp³-hybridized carbons (Fsp3) is 0.609. The van der Waals surface area contributed by atoms with Crippen LogP contribution in [0.5, 0.6) is 0 Å². The number of hydrogen-bond acceptors (Lipinski definition) is 5. The van der Waals surface area contributed by atoms with Crippen LogP contribution in [0.4, 0.5) is 0 Å². The third kappa shape index (κ3) is 6.89. The molecule has 2 aromatic rings. The lowest BCUT2D eigenvalue weighted by Crippen LogP contribution is -2.47. The van der Waals surface area contributed by atoms with Crippen LogP contribution in [-0.2, 0) is 37.4 Å². The summed E-state index contributed by atoms with van der Waals surface area (Å²) in [7, 11) is 1.67. The molecule has 4 rings (SSSR count). The summed E-state index contributed by atoms with van der Waals surface area (Å²) in [6.07, 6.45) is 4.59. The molecule has 0 radical (unpaired) electrons. The first-order valence-electron chi connectivity index (χ1n) is 11.5. The third-order valence-corrected chi connectivity index (χ3v) is 5.91. The van der Waals surface area contributed by atoms with E-state index >= 15 is 0 Å². The molecule has 1 aromatic carbocycles. The number of halogens is 1. The van der Waals surface area contributed by atoms with Gasteiger partial charge in [-0.2, -0.15) is 5.10 Å². The summed E-state index contributed by atoms with van der Waals surface area (Å²) < 4.78 is 7.16. The van der Waals surface area contributed by atoms with Gasteiger partial charge in [0.25, 0.3) is 0 Å². The molecule has 1 fully saturated rings. The number of aryl methyl sites for hydroxylation is 1. The van der Waals surface area contributed by atoms with Crippen LogP contribution in [0.25, 0.3) is 0 Å². The number of benzene rings is 1. The van der Waals surface area contributed by atoms with Gasteiger partial charge >= 0.3 is 0 Å². The average molecular weight is 553 g/mol. The zero-order valence-corrected chi connectivity index (χ0v) is 21.5. The highest BCUT2D eigenvalue weighted by atomic mass is 127. The van der Waals surface area contributed by atoms with E-state index in [-0.39, 0.29) is 30.0 Å². The minimum Gasteiger partial charge on any atom is -0.377 e. The number of guanidine groups is 1. The second-order valence-corrected chi connectivity index (χ2v) is 8.43. The van der Waals surface area contributed by atoms with Crippen molar-refractivity contribution in [3.63, 3.8) is 0 Å². The molecule has 1 aromatic heterocycles. The van der Waals surface area contributed by atoms with E-state index in [2.05, 4.69) is 56.8 Å². The zero-order valence-electron chi connectivity index (χ0n) is 19.2. The molecule has 8 nitrogen and oxygen atoms in total. The maximum Gasteiger partial charge on any atom is 0.191 e. The van der Waals surface area contributed by atoms with Crippen LogP contribution in [0.2, 0.25) is 0 Å². The van der Waals surface area contributed by atoms with Crippen LogP contribution < -0.4 is 10.6 Å². The number of nitrogens with zero attached hydrogens (tertiary/aromatic N) is 5. The highest BCUT2D eigenvalue weighted by Gasteiger charge is 2.22. The number of likely N-dealkylation sites (tertiary alicyclic amines) is 1. The molecule has 1 atom stereocenters. The Kier molecular flexibility index (Phi) is 9.73. The maximum absolute atomic E-state index is 5.16. The number of aliphatic imine (C=N–C) groups is 1. The predicted octanol–water partition coefficient (Wildman–Crippen LogP) is 2.71. The molecule has 3 heterocycles. The Bertz CT molecular complexity index is 862. The molecule has 176 valence electrons. The summed E-state index contributed by atoms with van der Waals surface area (Å²) in [5.74, 6) is 2.65. The average Bonchev–Trinajstić information content (AvgIpc) is 3.42. The number of ether oxygens (including phenoxy) is 1. The monoisotopic (exact) mass is 553 g/mol. The van der Waals surface area contributed by atoms with Crippen LogP contribution in [0, 0.1) is 0 Å². The van der Waals surface area contributed by atoms with Crippen molar-refractivity contribution in [1.29, 1.82) is 0 Å². The van der Waals surface area contributed by atoms with E-state index in [1.165, 1.54) is 37.1 Å². The van der Waals surface area contributed by atoms with Gasteiger partial charge in [0.2, 0.25) is 0 Å².